The van der Waals surface area contributed by atoms with Crippen molar-refractivity contribution in [1.82, 2.24) is 24.8 Å². The van der Waals surface area contributed by atoms with Crippen LogP contribution in [0.3, 0.4) is 0 Å². The van der Waals surface area contributed by atoms with E-state index in [2.05, 4.69) is 35.8 Å². The lowest BCUT2D eigenvalue weighted by Crippen LogP contribution is -2.50. The van der Waals surface area contributed by atoms with Gasteiger partial charge in [-0.25, -0.2) is 4.98 Å². The number of nitrogens with zero attached hydrogens (tertiary/aromatic N) is 5. The first-order chi connectivity index (χ1) is 15.0. The van der Waals surface area contributed by atoms with Crippen molar-refractivity contribution in [3.63, 3.8) is 0 Å². The normalized spacial score (nSPS) is 19.7. The molecule has 0 bridgehead atoms. The van der Waals surface area contributed by atoms with Gasteiger partial charge in [-0.2, -0.15) is 0 Å². The molecule has 0 saturated carbocycles. The van der Waals surface area contributed by atoms with E-state index >= 15 is 0 Å². The zero-order chi connectivity index (χ0) is 21.5. The van der Waals surface area contributed by atoms with Crippen molar-refractivity contribution < 1.29 is 0 Å². The minimum Gasteiger partial charge on any atom is -0.396 e. The average molecular weight is 418 g/mol. The average Bonchev–Trinajstić information content (AvgIpc) is 3.23. The van der Waals surface area contributed by atoms with Crippen molar-refractivity contribution in [3.05, 3.63) is 57.7 Å². The lowest BCUT2D eigenvalue weighted by molar-refractivity contribution is 0.231. The zero-order valence-corrected chi connectivity index (χ0v) is 17.9. The second kappa shape index (κ2) is 7.77. The standard InChI is InChI=1S/C23H27N7O/c1-14-12-25-21(15(2)26-14)11-19(24)22-27-20-6-5-16(10-18(20)23(31)28-22)30-9-8-29-7-3-4-17(29)13-30/h5-6,10-12,17H,3-4,7-9,13,24H2,1-2H3,(H,27,28,31). The molecule has 1 atom stereocenters. The molecule has 0 spiro atoms. The Labute approximate surface area is 180 Å². The number of aromatic amines is 1. The monoisotopic (exact) mass is 417 g/mol. The van der Waals surface area contributed by atoms with E-state index in [1.807, 2.05) is 26.0 Å². The lowest BCUT2D eigenvalue weighted by Gasteiger charge is -2.38. The highest BCUT2D eigenvalue weighted by molar-refractivity contribution is 5.84. The van der Waals surface area contributed by atoms with Crippen LogP contribution in [0.1, 0.15) is 35.7 Å². The summed E-state index contributed by atoms with van der Waals surface area (Å²) in [6.45, 7) is 8.06. The summed E-state index contributed by atoms with van der Waals surface area (Å²) < 4.78 is 0. The van der Waals surface area contributed by atoms with Crippen LogP contribution in [-0.4, -0.2) is 57.1 Å². The van der Waals surface area contributed by atoms with Gasteiger partial charge >= 0.3 is 0 Å². The number of fused-ring (bicyclic) bond motifs is 2. The topological polar surface area (TPSA) is 104 Å². The Morgan fingerprint density at radius 3 is 2.94 bits per heavy atom. The van der Waals surface area contributed by atoms with Gasteiger partial charge in [-0.3, -0.25) is 19.7 Å². The van der Waals surface area contributed by atoms with Crippen LogP contribution in [0.2, 0.25) is 0 Å². The van der Waals surface area contributed by atoms with E-state index in [0.29, 0.717) is 34.2 Å². The lowest BCUT2D eigenvalue weighted by atomic mass is 10.1. The maximum atomic E-state index is 12.9. The molecule has 31 heavy (non-hydrogen) atoms. The van der Waals surface area contributed by atoms with Crippen molar-refractivity contribution in [1.29, 1.82) is 0 Å². The van der Waals surface area contributed by atoms with Crippen molar-refractivity contribution in [2.24, 2.45) is 5.73 Å². The summed E-state index contributed by atoms with van der Waals surface area (Å²) in [4.78, 5) is 34.0. The van der Waals surface area contributed by atoms with Crippen molar-refractivity contribution >= 4 is 28.4 Å². The second-order valence-electron chi connectivity index (χ2n) is 8.48. The predicted molar refractivity (Wildman–Crippen MR) is 123 cm³/mol. The van der Waals surface area contributed by atoms with E-state index in [-0.39, 0.29) is 5.56 Å². The summed E-state index contributed by atoms with van der Waals surface area (Å²) in [6, 6.07) is 6.54. The molecule has 0 amide bonds. The Morgan fingerprint density at radius 1 is 1.23 bits per heavy atom. The number of aryl methyl sites for hydroxylation is 2. The van der Waals surface area contributed by atoms with Gasteiger partial charge in [0.15, 0.2) is 5.82 Å². The number of nitrogens with one attached hydrogen (secondary N) is 1. The van der Waals surface area contributed by atoms with Crippen LogP contribution in [0, 0.1) is 13.8 Å². The van der Waals surface area contributed by atoms with Crippen LogP contribution < -0.4 is 16.2 Å². The summed E-state index contributed by atoms with van der Waals surface area (Å²) in [5, 5.41) is 0.578. The Balaban J connectivity index is 1.45. The number of H-pyrrole nitrogens is 1. The number of anilines is 1. The van der Waals surface area contributed by atoms with Gasteiger partial charge in [0.25, 0.3) is 5.56 Å². The summed E-state index contributed by atoms with van der Waals surface area (Å²) >= 11 is 0. The molecule has 3 aromatic rings. The van der Waals surface area contributed by atoms with Crippen LogP contribution in [-0.2, 0) is 0 Å². The van der Waals surface area contributed by atoms with Crippen molar-refractivity contribution in [3.8, 4) is 0 Å². The van der Waals surface area contributed by atoms with Crippen molar-refractivity contribution in [2.75, 3.05) is 31.1 Å². The molecule has 2 aliphatic rings. The Hall–Kier alpha value is -3.26. The largest absolute Gasteiger partial charge is 0.396 e. The van der Waals surface area contributed by atoms with Gasteiger partial charge in [-0.15, -0.1) is 0 Å². The third-order valence-corrected chi connectivity index (χ3v) is 6.31. The third-order valence-electron chi connectivity index (χ3n) is 6.31. The molecule has 3 N–H and O–H groups in total. The van der Waals surface area contributed by atoms with Gasteiger partial charge in [0.1, 0.15) is 0 Å². The number of aromatic nitrogens is 4. The molecule has 2 aliphatic heterocycles. The fourth-order valence-electron chi connectivity index (χ4n) is 4.65. The fourth-order valence-corrected chi connectivity index (χ4v) is 4.65. The molecule has 160 valence electrons. The number of hydrogen-bond acceptors (Lipinski definition) is 7. The summed E-state index contributed by atoms with van der Waals surface area (Å²) in [7, 11) is 0. The molecular weight excluding hydrogens is 390 g/mol. The van der Waals surface area contributed by atoms with E-state index in [9.17, 15) is 4.79 Å². The highest BCUT2D eigenvalue weighted by atomic mass is 16.1. The number of rotatable bonds is 3. The van der Waals surface area contributed by atoms with E-state index < -0.39 is 0 Å². The molecule has 2 fully saturated rings. The SMILES string of the molecule is Cc1cnc(C=C(N)c2nc3ccc(N4CCN5CCCC5C4)cc3c(=O)[nH]2)c(C)n1. The van der Waals surface area contributed by atoms with E-state index in [4.69, 9.17) is 5.73 Å². The Morgan fingerprint density at radius 2 is 2.10 bits per heavy atom. The van der Waals surface area contributed by atoms with Crippen molar-refractivity contribution in [2.45, 2.75) is 32.7 Å². The quantitative estimate of drug-likeness (QED) is 0.672. The highest BCUT2D eigenvalue weighted by Gasteiger charge is 2.30. The molecule has 8 heteroatoms. The third kappa shape index (κ3) is 3.79. The summed E-state index contributed by atoms with van der Waals surface area (Å²) in [6.07, 6.45) is 5.92. The number of piperazine rings is 1. The molecule has 0 aliphatic carbocycles. The number of nitrogens with two attached hydrogens (primary N) is 1. The zero-order valence-electron chi connectivity index (χ0n) is 17.9. The van der Waals surface area contributed by atoms with Crippen LogP contribution in [0.4, 0.5) is 5.69 Å². The van der Waals surface area contributed by atoms with Gasteiger partial charge < -0.3 is 15.6 Å². The van der Waals surface area contributed by atoms with Gasteiger partial charge in [-0.05, 0) is 57.5 Å². The first-order valence-electron chi connectivity index (χ1n) is 10.8. The van der Waals surface area contributed by atoms with Crippen LogP contribution in [0.15, 0.2) is 29.2 Å². The van der Waals surface area contributed by atoms with E-state index in [1.165, 1.54) is 19.4 Å². The smallest absolute Gasteiger partial charge is 0.259 e. The summed E-state index contributed by atoms with van der Waals surface area (Å²) in [5.41, 5.74) is 10.4. The molecule has 2 aromatic heterocycles. The molecular formula is C23H27N7O. The highest BCUT2D eigenvalue weighted by Crippen LogP contribution is 2.27. The maximum Gasteiger partial charge on any atom is 0.259 e. The van der Waals surface area contributed by atoms with Gasteiger partial charge in [-0.1, -0.05) is 0 Å². The molecule has 2 saturated heterocycles. The molecule has 4 heterocycles. The predicted octanol–water partition coefficient (Wildman–Crippen LogP) is 2.07. The van der Waals surface area contributed by atoms with Crippen LogP contribution in [0.5, 0.6) is 0 Å². The fraction of sp³-hybridized carbons (Fsp3) is 0.391. The molecule has 0 radical (unpaired) electrons. The second-order valence-corrected chi connectivity index (χ2v) is 8.48. The van der Waals surface area contributed by atoms with E-state index in [0.717, 1.165) is 36.7 Å². The minimum atomic E-state index is -0.190. The first kappa shape index (κ1) is 19.7. The molecule has 1 aromatic carbocycles. The maximum absolute atomic E-state index is 12.9. The number of hydrogen-bond donors (Lipinski definition) is 2. The van der Waals surface area contributed by atoms with Crippen LogP contribution in [0.25, 0.3) is 22.7 Å². The van der Waals surface area contributed by atoms with Gasteiger partial charge in [0.05, 0.1) is 33.7 Å². The number of benzene rings is 1. The summed E-state index contributed by atoms with van der Waals surface area (Å²) in [5.74, 6) is 0.339. The Kier molecular flexibility index (Phi) is 4.94. The van der Waals surface area contributed by atoms with Gasteiger partial charge in [0, 0.05) is 37.6 Å². The molecule has 8 nitrogen and oxygen atoms in total. The minimum absolute atomic E-state index is 0.190. The molecule has 5 rings (SSSR count). The first-order valence-corrected chi connectivity index (χ1v) is 10.8. The van der Waals surface area contributed by atoms with Crippen LogP contribution >= 0.6 is 0 Å². The van der Waals surface area contributed by atoms with E-state index in [1.54, 1.807) is 12.3 Å². The molecule has 1 unspecified atom stereocenters. The van der Waals surface area contributed by atoms with Gasteiger partial charge in [0.2, 0.25) is 0 Å². The Bertz CT molecular complexity index is 1230.